The zero-order valence-electron chi connectivity index (χ0n) is 23.5. The Balaban J connectivity index is 0. The Morgan fingerprint density at radius 2 is 1.68 bits per heavy atom. The van der Waals surface area contributed by atoms with Gasteiger partial charge in [-0.2, -0.15) is 0 Å². The number of amides is 1. The van der Waals surface area contributed by atoms with Gasteiger partial charge in [0.05, 0.1) is 6.42 Å². The molecule has 1 amide bonds. The van der Waals surface area contributed by atoms with Crippen LogP contribution in [0.4, 0.5) is 11.4 Å². The Kier molecular flexibility index (Phi) is 22.3. The minimum atomic E-state index is -0.802. The Bertz CT molecular complexity index is 993. The summed E-state index contributed by atoms with van der Waals surface area (Å²) in [7, 11) is 1.93. The third kappa shape index (κ3) is 17.5. The van der Waals surface area contributed by atoms with Gasteiger partial charge in [0.25, 0.3) is 0 Å². The number of carboxylic acids is 1. The molecule has 0 fully saturated rings. The van der Waals surface area contributed by atoms with Crippen LogP contribution in [0.25, 0.3) is 0 Å². The van der Waals surface area contributed by atoms with Crippen LogP contribution in [0.3, 0.4) is 0 Å². The molecule has 0 heterocycles. The van der Waals surface area contributed by atoms with Crippen molar-refractivity contribution >= 4 is 30.0 Å². The van der Waals surface area contributed by atoms with E-state index < -0.39 is 5.97 Å². The van der Waals surface area contributed by atoms with E-state index in [-0.39, 0.29) is 30.4 Å². The molecule has 0 saturated carbocycles. The molecule has 0 aromatic heterocycles. The predicted molar refractivity (Wildman–Crippen MR) is 162 cm³/mol. The van der Waals surface area contributed by atoms with Crippen molar-refractivity contribution in [1.82, 2.24) is 5.32 Å². The maximum absolute atomic E-state index is 12.2. The summed E-state index contributed by atoms with van der Waals surface area (Å²) in [5.41, 5.74) is 2.74. The maximum atomic E-state index is 12.2. The molecule has 0 bridgehead atoms. The van der Waals surface area contributed by atoms with Crippen LogP contribution >= 0.6 is 0 Å². The first-order valence-corrected chi connectivity index (χ1v) is 12.6. The molecule has 2 rings (SSSR count). The molecule has 0 saturated heterocycles. The van der Waals surface area contributed by atoms with Crippen molar-refractivity contribution in [2.75, 3.05) is 18.9 Å². The third-order valence-corrected chi connectivity index (χ3v) is 4.85. The summed E-state index contributed by atoms with van der Waals surface area (Å²) in [6, 6.07) is 12.2. The van der Waals surface area contributed by atoms with Gasteiger partial charge in [-0.15, -0.1) is 0 Å². The molecule has 2 aromatic rings. The number of carboxylic acid groups (broad SMARTS) is 1. The van der Waals surface area contributed by atoms with Crippen molar-refractivity contribution in [3.63, 3.8) is 0 Å². The molecule has 1 unspecified atom stereocenters. The van der Waals surface area contributed by atoms with Crippen molar-refractivity contribution < 1.29 is 19.8 Å². The Labute approximate surface area is 228 Å². The highest BCUT2D eigenvalue weighted by atomic mass is 16.4. The topological polar surface area (TPSA) is 111 Å². The first-order valence-electron chi connectivity index (χ1n) is 12.6. The van der Waals surface area contributed by atoms with Crippen LogP contribution in [-0.2, 0) is 16.0 Å². The summed E-state index contributed by atoms with van der Waals surface area (Å²) >= 11 is 0. The van der Waals surface area contributed by atoms with Gasteiger partial charge in [-0.05, 0) is 68.4 Å². The van der Waals surface area contributed by atoms with Crippen molar-refractivity contribution in [3.05, 3.63) is 91.1 Å². The quantitative estimate of drug-likeness (QED) is 0.143. The van der Waals surface area contributed by atoms with Gasteiger partial charge in [-0.3, -0.25) is 14.6 Å². The van der Waals surface area contributed by atoms with Gasteiger partial charge in [0, 0.05) is 18.7 Å². The SMILES string of the molecule is C/C=C\CNC.C=CC=C.C=Nc1ccc(CC(=O)Nc2ccc(C(C)CCC(=O)O)cc2)cc1O.CC. The second kappa shape index (κ2) is 23.4. The summed E-state index contributed by atoms with van der Waals surface area (Å²) < 4.78 is 0. The molecule has 7 nitrogen and oxygen atoms in total. The Morgan fingerprint density at radius 3 is 2.11 bits per heavy atom. The van der Waals surface area contributed by atoms with Crippen LogP contribution in [-0.4, -0.2) is 42.4 Å². The smallest absolute Gasteiger partial charge is 0.303 e. The number of hydrogen-bond donors (Lipinski definition) is 4. The van der Waals surface area contributed by atoms with Crippen LogP contribution < -0.4 is 10.6 Å². The highest BCUT2D eigenvalue weighted by Gasteiger charge is 2.10. The van der Waals surface area contributed by atoms with E-state index in [9.17, 15) is 14.7 Å². The zero-order valence-corrected chi connectivity index (χ0v) is 23.5. The van der Waals surface area contributed by atoms with Crippen molar-refractivity contribution in [3.8, 4) is 5.75 Å². The number of carbonyl (C=O) groups is 2. The van der Waals surface area contributed by atoms with Gasteiger partial charge >= 0.3 is 5.97 Å². The van der Waals surface area contributed by atoms with E-state index in [1.54, 1.807) is 36.4 Å². The zero-order chi connectivity index (χ0) is 29.3. The first kappa shape index (κ1) is 36.2. The Hall–Kier alpha value is -3.97. The number of benzene rings is 2. The van der Waals surface area contributed by atoms with Gasteiger partial charge in [0.15, 0.2) is 0 Å². The van der Waals surface area contributed by atoms with E-state index in [1.165, 1.54) is 6.07 Å². The van der Waals surface area contributed by atoms with Crippen molar-refractivity contribution in [2.24, 2.45) is 4.99 Å². The number of rotatable bonds is 11. The van der Waals surface area contributed by atoms with E-state index in [0.29, 0.717) is 23.4 Å². The number of aliphatic imine (C=N–C) groups is 1. The van der Waals surface area contributed by atoms with Gasteiger partial charge in [-0.25, -0.2) is 0 Å². The van der Waals surface area contributed by atoms with Crippen LogP contribution in [0.15, 0.2) is 84.9 Å². The van der Waals surface area contributed by atoms with E-state index >= 15 is 0 Å². The van der Waals surface area contributed by atoms with Gasteiger partial charge in [0.1, 0.15) is 11.4 Å². The minimum Gasteiger partial charge on any atom is -0.506 e. The number of hydrogen-bond acceptors (Lipinski definition) is 5. The molecule has 0 aliphatic carbocycles. The maximum Gasteiger partial charge on any atom is 0.303 e. The average Bonchev–Trinajstić information content (AvgIpc) is 2.92. The van der Waals surface area contributed by atoms with Crippen molar-refractivity contribution in [1.29, 1.82) is 0 Å². The number of phenolic OH excluding ortho intramolecular Hbond substituents is 1. The summed E-state index contributed by atoms with van der Waals surface area (Å²) in [5, 5.41) is 24.3. The number of allylic oxidation sites excluding steroid dienone is 3. The molecule has 0 aliphatic rings. The van der Waals surface area contributed by atoms with Crippen LogP contribution in [0.2, 0.25) is 0 Å². The number of carbonyl (C=O) groups excluding carboxylic acids is 1. The number of aromatic hydroxyl groups is 1. The van der Waals surface area contributed by atoms with Crippen LogP contribution in [0.5, 0.6) is 5.75 Å². The summed E-state index contributed by atoms with van der Waals surface area (Å²) in [6.45, 7) is 19.1. The van der Waals surface area contributed by atoms with E-state index in [2.05, 4.69) is 41.6 Å². The molecular weight excluding hydrogens is 478 g/mol. The second-order valence-electron chi connectivity index (χ2n) is 7.76. The number of phenols is 1. The average molecular weight is 524 g/mol. The van der Waals surface area contributed by atoms with Crippen LogP contribution in [0.1, 0.15) is 57.6 Å². The number of nitrogens with one attached hydrogen (secondary N) is 2. The molecule has 1 atom stereocenters. The second-order valence-corrected chi connectivity index (χ2v) is 7.76. The molecule has 208 valence electrons. The molecule has 7 heteroatoms. The first-order chi connectivity index (χ1) is 18.2. The van der Waals surface area contributed by atoms with E-state index in [1.807, 2.05) is 53.0 Å². The fourth-order valence-corrected chi connectivity index (χ4v) is 2.84. The molecular formula is C31H45N3O4. The lowest BCUT2D eigenvalue weighted by Crippen LogP contribution is -2.14. The monoisotopic (exact) mass is 523 g/mol. The number of aliphatic carboxylic acids is 1. The summed E-state index contributed by atoms with van der Waals surface area (Å²) in [6.07, 6.45) is 8.20. The lowest BCUT2D eigenvalue weighted by Gasteiger charge is -2.12. The third-order valence-electron chi connectivity index (χ3n) is 4.85. The summed E-state index contributed by atoms with van der Waals surface area (Å²) in [4.78, 5) is 26.5. The molecule has 38 heavy (non-hydrogen) atoms. The lowest BCUT2D eigenvalue weighted by molar-refractivity contribution is -0.137. The van der Waals surface area contributed by atoms with Gasteiger partial charge < -0.3 is 20.8 Å². The van der Waals surface area contributed by atoms with Crippen LogP contribution in [0, 0.1) is 0 Å². The normalized spacial score (nSPS) is 10.2. The molecule has 2 aromatic carbocycles. The summed E-state index contributed by atoms with van der Waals surface area (Å²) in [5.74, 6) is -0.875. The highest BCUT2D eigenvalue weighted by molar-refractivity contribution is 5.92. The molecule has 0 spiro atoms. The predicted octanol–water partition coefficient (Wildman–Crippen LogP) is 7.04. The number of likely N-dealkylation sites (N-methyl/N-ethyl adjacent to an activating group) is 1. The highest BCUT2D eigenvalue weighted by Crippen LogP contribution is 2.27. The van der Waals surface area contributed by atoms with Gasteiger partial charge in [-0.1, -0.05) is 76.4 Å². The lowest BCUT2D eigenvalue weighted by atomic mass is 9.96. The largest absolute Gasteiger partial charge is 0.506 e. The van der Waals surface area contributed by atoms with E-state index in [4.69, 9.17) is 5.11 Å². The Morgan fingerprint density at radius 1 is 1.08 bits per heavy atom. The molecule has 0 aliphatic heterocycles. The van der Waals surface area contributed by atoms with Gasteiger partial charge in [0.2, 0.25) is 5.91 Å². The minimum absolute atomic E-state index is 0.00926. The molecule has 4 N–H and O–H groups in total. The van der Waals surface area contributed by atoms with E-state index in [0.717, 1.165) is 12.1 Å². The standard InChI is InChI=1S/C20H22N2O4.C5H11N.C4H6.C2H6/c1-13(3-10-20(25)26)15-5-7-16(8-6-15)22-19(24)12-14-4-9-17(21-2)18(23)11-14;1-3-4-5-6-2;1-3-4-2;1-2/h4-9,11,13,23H,2-3,10,12H2,1H3,(H,22,24)(H,25,26);3-4,6H,5H2,1-2H3;3-4H,1-2H2;1-2H3/b;4-3-;;. The molecule has 0 radical (unpaired) electrons. The number of anilines is 1. The van der Waals surface area contributed by atoms with Crippen molar-refractivity contribution in [2.45, 2.75) is 52.9 Å². The fraction of sp³-hybridized carbons (Fsp3) is 0.323. The number of nitrogens with zero attached hydrogens (tertiary/aromatic N) is 1. The fourth-order valence-electron chi connectivity index (χ4n) is 2.84.